The zero-order valence-electron chi connectivity index (χ0n) is 16.9. The van der Waals surface area contributed by atoms with E-state index >= 15 is 0 Å². The van der Waals surface area contributed by atoms with Crippen LogP contribution < -0.4 is 20.2 Å². The van der Waals surface area contributed by atoms with Crippen molar-refractivity contribution in [2.24, 2.45) is 5.10 Å². The van der Waals surface area contributed by atoms with Gasteiger partial charge in [0.25, 0.3) is 0 Å². The Morgan fingerprint density at radius 1 is 1.16 bits per heavy atom. The van der Waals surface area contributed by atoms with Crippen LogP contribution in [0.2, 0.25) is 10.0 Å². The third-order valence-corrected chi connectivity index (χ3v) is 5.17. The Kier molecular flexibility index (Phi) is 9.76. The Morgan fingerprint density at radius 3 is 2.59 bits per heavy atom. The van der Waals surface area contributed by atoms with Crippen LogP contribution in [-0.4, -0.2) is 44.8 Å². The van der Waals surface area contributed by atoms with Crippen molar-refractivity contribution in [1.29, 1.82) is 0 Å². The van der Waals surface area contributed by atoms with E-state index in [-0.39, 0.29) is 16.7 Å². The van der Waals surface area contributed by atoms with Crippen molar-refractivity contribution in [2.45, 2.75) is 6.42 Å². The van der Waals surface area contributed by atoms with Crippen molar-refractivity contribution in [1.82, 2.24) is 5.43 Å². The first-order chi connectivity index (χ1) is 15.2. The topological polar surface area (TPSA) is 115 Å². The minimum Gasteiger partial charge on any atom is -0.493 e. The van der Waals surface area contributed by atoms with Gasteiger partial charge in [0.05, 0.1) is 40.6 Å². The smallest absolute Gasteiger partial charge is 0.343 e. The van der Waals surface area contributed by atoms with Crippen molar-refractivity contribution in [3.05, 3.63) is 50.4 Å². The largest absolute Gasteiger partial charge is 0.493 e. The lowest BCUT2D eigenvalue weighted by Gasteiger charge is -2.12. The molecule has 0 radical (unpaired) electrons. The lowest BCUT2D eigenvalue weighted by Crippen LogP contribution is -2.24. The van der Waals surface area contributed by atoms with Crippen LogP contribution in [0.5, 0.6) is 11.5 Å². The van der Waals surface area contributed by atoms with E-state index in [4.69, 9.17) is 32.7 Å². The Morgan fingerprint density at radius 2 is 1.91 bits per heavy atom. The van der Waals surface area contributed by atoms with Gasteiger partial charge in [-0.15, -0.1) is 0 Å². The first-order valence-electron chi connectivity index (χ1n) is 8.88. The summed E-state index contributed by atoms with van der Waals surface area (Å²) in [5, 5.41) is 6.79. The highest BCUT2D eigenvalue weighted by atomic mass is 79.9. The molecule has 0 aliphatic heterocycles. The maximum Gasteiger partial charge on any atom is 0.343 e. The number of nitrogens with zero attached hydrogens (tertiary/aromatic N) is 1. The molecule has 0 spiro atoms. The van der Waals surface area contributed by atoms with Gasteiger partial charge in [0, 0.05) is 0 Å². The van der Waals surface area contributed by atoms with Crippen LogP contribution in [0, 0.1) is 0 Å². The normalized spacial score (nSPS) is 10.5. The Bertz CT molecular complexity index is 1050. The van der Waals surface area contributed by atoms with E-state index in [0.29, 0.717) is 27.2 Å². The van der Waals surface area contributed by atoms with E-state index in [1.165, 1.54) is 20.4 Å². The molecule has 2 aromatic carbocycles. The van der Waals surface area contributed by atoms with Gasteiger partial charge in [-0.3, -0.25) is 9.59 Å². The molecular weight excluding hydrogens is 529 g/mol. The summed E-state index contributed by atoms with van der Waals surface area (Å²) in [5.41, 5.74) is 3.10. The van der Waals surface area contributed by atoms with Crippen molar-refractivity contribution >= 4 is 68.8 Å². The Labute approximate surface area is 202 Å². The molecule has 0 atom stereocenters. The fourth-order valence-corrected chi connectivity index (χ4v) is 3.23. The van der Waals surface area contributed by atoms with Crippen LogP contribution >= 0.6 is 39.1 Å². The molecule has 0 unspecified atom stereocenters. The molecule has 0 aromatic heterocycles. The molecule has 0 fully saturated rings. The summed E-state index contributed by atoms with van der Waals surface area (Å²) in [6.07, 6.45) is 0.870. The van der Waals surface area contributed by atoms with Gasteiger partial charge in [0.15, 0.2) is 18.1 Å². The number of methoxy groups -OCH3 is 2. The highest BCUT2D eigenvalue weighted by Gasteiger charge is 2.14. The second-order valence-electron chi connectivity index (χ2n) is 6.02. The van der Waals surface area contributed by atoms with E-state index in [9.17, 15) is 14.4 Å². The maximum atomic E-state index is 12.0. The van der Waals surface area contributed by atoms with Gasteiger partial charge in [0.1, 0.15) is 6.42 Å². The number of halogens is 3. The number of benzene rings is 2. The summed E-state index contributed by atoms with van der Waals surface area (Å²) in [7, 11) is 2.68. The molecule has 2 N–H and O–H groups in total. The van der Waals surface area contributed by atoms with Crippen molar-refractivity contribution in [3.63, 3.8) is 0 Å². The summed E-state index contributed by atoms with van der Waals surface area (Å²) < 4.78 is 15.7. The summed E-state index contributed by atoms with van der Waals surface area (Å²) >= 11 is 15.2. The summed E-state index contributed by atoms with van der Waals surface area (Å²) in [6, 6.07) is 7.98. The molecule has 0 bridgehead atoms. The van der Waals surface area contributed by atoms with Gasteiger partial charge in [-0.05, 0) is 45.8 Å². The number of hydrogen-bond donors (Lipinski definition) is 2. The molecule has 0 saturated heterocycles. The van der Waals surface area contributed by atoms with Gasteiger partial charge in [0.2, 0.25) is 11.8 Å². The van der Waals surface area contributed by atoms with E-state index in [1.807, 2.05) is 0 Å². The summed E-state index contributed by atoms with van der Waals surface area (Å²) in [4.78, 5) is 35.3. The van der Waals surface area contributed by atoms with Gasteiger partial charge in [-0.2, -0.15) is 5.10 Å². The van der Waals surface area contributed by atoms with Crippen molar-refractivity contribution in [3.8, 4) is 11.5 Å². The first kappa shape index (κ1) is 25.4. The number of carbonyl (C=O) groups excluding carboxylic acids is 3. The van der Waals surface area contributed by atoms with E-state index in [1.54, 1.807) is 30.3 Å². The number of hydrazone groups is 1. The molecule has 2 rings (SSSR count). The predicted octanol–water partition coefficient (Wildman–Crippen LogP) is 3.80. The first-order valence-corrected chi connectivity index (χ1v) is 10.4. The molecule has 0 aliphatic rings. The van der Waals surface area contributed by atoms with E-state index in [2.05, 4.69) is 36.5 Å². The van der Waals surface area contributed by atoms with Crippen LogP contribution in [-0.2, 0) is 19.1 Å². The lowest BCUT2D eigenvalue weighted by molar-refractivity contribution is -0.143. The molecule has 32 heavy (non-hydrogen) atoms. The summed E-state index contributed by atoms with van der Waals surface area (Å²) in [6.45, 7) is -0.294. The minimum absolute atomic E-state index is 0.180. The van der Waals surface area contributed by atoms with Crippen LogP contribution in [0.1, 0.15) is 12.0 Å². The highest BCUT2D eigenvalue weighted by molar-refractivity contribution is 9.10. The highest BCUT2D eigenvalue weighted by Crippen LogP contribution is 2.36. The fraction of sp³-hybridized carbons (Fsp3) is 0.200. The number of amides is 2. The minimum atomic E-state index is -0.638. The van der Waals surface area contributed by atoms with Crippen molar-refractivity contribution < 1.29 is 28.6 Å². The number of esters is 1. The standard InChI is InChI=1S/C20H18BrCl2N3O6/c1-30-15-7-11(6-12(21)20(15)32-10-18(29)31-2)9-24-26-17(28)8-16(27)25-14-5-3-4-13(22)19(14)23/h3-7,9H,8,10H2,1-2H3,(H,25,27)(H,26,28). The number of nitrogens with one attached hydrogen (secondary N) is 2. The average Bonchev–Trinajstić information content (AvgIpc) is 2.75. The molecular formula is C20H18BrCl2N3O6. The van der Waals surface area contributed by atoms with E-state index in [0.717, 1.165) is 0 Å². The predicted molar refractivity (Wildman–Crippen MR) is 124 cm³/mol. The monoisotopic (exact) mass is 545 g/mol. The van der Waals surface area contributed by atoms with Crippen LogP contribution in [0.15, 0.2) is 39.9 Å². The molecule has 9 nitrogen and oxygen atoms in total. The Hall–Kier alpha value is -2.82. The van der Waals surface area contributed by atoms with Crippen molar-refractivity contribution in [2.75, 3.05) is 26.1 Å². The van der Waals surface area contributed by atoms with Crippen LogP contribution in [0.3, 0.4) is 0 Å². The molecule has 0 aliphatic carbocycles. The van der Waals surface area contributed by atoms with Gasteiger partial charge in [-0.25, -0.2) is 10.2 Å². The van der Waals surface area contributed by atoms with Gasteiger partial charge in [-0.1, -0.05) is 29.3 Å². The number of rotatable bonds is 9. The second kappa shape index (κ2) is 12.3. The average molecular weight is 547 g/mol. The van der Waals surface area contributed by atoms with Gasteiger partial charge >= 0.3 is 5.97 Å². The third-order valence-electron chi connectivity index (χ3n) is 3.76. The zero-order chi connectivity index (χ0) is 23.7. The van der Waals surface area contributed by atoms with Crippen LogP contribution in [0.4, 0.5) is 5.69 Å². The Balaban J connectivity index is 1.95. The molecule has 2 aromatic rings. The molecule has 2 amide bonds. The SMILES string of the molecule is COC(=O)COc1c(Br)cc(C=NNC(=O)CC(=O)Nc2cccc(Cl)c2Cl)cc1OC. The second-order valence-corrected chi connectivity index (χ2v) is 7.66. The molecule has 0 saturated carbocycles. The number of anilines is 1. The van der Waals surface area contributed by atoms with E-state index < -0.39 is 24.2 Å². The quantitative estimate of drug-likeness (QED) is 0.214. The summed E-state index contributed by atoms with van der Waals surface area (Å²) in [5.74, 6) is -1.14. The number of ether oxygens (including phenoxy) is 3. The zero-order valence-corrected chi connectivity index (χ0v) is 20.0. The lowest BCUT2D eigenvalue weighted by atomic mass is 10.2. The maximum absolute atomic E-state index is 12.0. The number of hydrogen-bond acceptors (Lipinski definition) is 7. The fourth-order valence-electron chi connectivity index (χ4n) is 2.30. The third kappa shape index (κ3) is 7.40. The molecule has 12 heteroatoms. The molecule has 170 valence electrons. The number of carbonyl (C=O) groups is 3. The van der Waals surface area contributed by atoms with Crippen LogP contribution in [0.25, 0.3) is 0 Å². The molecule has 0 heterocycles. The van der Waals surface area contributed by atoms with Gasteiger partial charge < -0.3 is 19.5 Å².